The molecule has 6 heteroatoms. The van der Waals surface area contributed by atoms with Crippen molar-refractivity contribution in [3.63, 3.8) is 0 Å². The van der Waals surface area contributed by atoms with Crippen LogP contribution in [0, 0.1) is 12.8 Å². The summed E-state index contributed by atoms with van der Waals surface area (Å²) in [5, 5.41) is 0.644. The summed E-state index contributed by atoms with van der Waals surface area (Å²) < 4.78 is 0. The molecule has 3 amide bonds. The normalized spacial score (nSPS) is 19.4. The fourth-order valence-corrected chi connectivity index (χ4v) is 4.98. The van der Waals surface area contributed by atoms with Crippen LogP contribution in [0.15, 0.2) is 48.5 Å². The Labute approximate surface area is 194 Å². The number of benzene rings is 2. The van der Waals surface area contributed by atoms with Crippen molar-refractivity contribution in [2.24, 2.45) is 5.92 Å². The van der Waals surface area contributed by atoms with Crippen LogP contribution in [0.1, 0.15) is 49.7 Å². The molecule has 2 aliphatic rings. The Kier molecular flexibility index (Phi) is 6.95. The molecular formula is C26H29ClN2O3. The molecule has 2 aromatic carbocycles. The minimum absolute atomic E-state index is 0.00336. The van der Waals surface area contributed by atoms with Crippen LogP contribution in [0.3, 0.4) is 0 Å². The number of hydrogen-bond donors (Lipinski definition) is 0. The summed E-state index contributed by atoms with van der Waals surface area (Å²) in [7, 11) is 0. The molecule has 168 valence electrons. The quantitative estimate of drug-likeness (QED) is 0.584. The van der Waals surface area contributed by atoms with Crippen molar-refractivity contribution in [1.82, 2.24) is 4.90 Å². The van der Waals surface area contributed by atoms with Gasteiger partial charge in [-0.3, -0.25) is 14.4 Å². The third-order valence-electron chi connectivity index (χ3n) is 6.56. The van der Waals surface area contributed by atoms with Crippen molar-refractivity contribution in [2.45, 2.75) is 57.9 Å². The fourth-order valence-electron chi connectivity index (χ4n) is 4.77. The molecule has 1 saturated carbocycles. The van der Waals surface area contributed by atoms with Crippen molar-refractivity contribution in [2.75, 3.05) is 11.4 Å². The summed E-state index contributed by atoms with van der Waals surface area (Å²) >= 11 is 6.13. The molecule has 0 N–H and O–H groups in total. The summed E-state index contributed by atoms with van der Waals surface area (Å²) in [5.74, 6) is -0.634. The molecule has 1 aliphatic heterocycles. The van der Waals surface area contributed by atoms with Gasteiger partial charge in [0, 0.05) is 17.5 Å². The van der Waals surface area contributed by atoms with Crippen molar-refractivity contribution in [1.29, 1.82) is 0 Å². The maximum atomic E-state index is 13.5. The number of rotatable bonds is 6. The van der Waals surface area contributed by atoms with Gasteiger partial charge >= 0.3 is 0 Å². The van der Waals surface area contributed by atoms with Crippen LogP contribution in [0.2, 0.25) is 5.02 Å². The number of halogens is 1. The first-order chi connectivity index (χ1) is 15.4. The Hall–Kier alpha value is -2.66. The number of nitrogens with zero attached hydrogens (tertiary/aromatic N) is 2. The summed E-state index contributed by atoms with van der Waals surface area (Å²) in [4.78, 5) is 42.7. The van der Waals surface area contributed by atoms with Crippen LogP contribution in [0.5, 0.6) is 0 Å². The van der Waals surface area contributed by atoms with Gasteiger partial charge in [-0.15, -0.1) is 0 Å². The number of amides is 3. The van der Waals surface area contributed by atoms with E-state index in [0.717, 1.165) is 43.2 Å². The van der Waals surface area contributed by atoms with E-state index in [-0.39, 0.29) is 30.1 Å². The van der Waals surface area contributed by atoms with Crippen LogP contribution in [0.4, 0.5) is 5.69 Å². The lowest BCUT2D eigenvalue weighted by Crippen LogP contribution is -2.48. The van der Waals surface area contributed by atoms with Gasteiger partial charge in [0.05, 0.1) is 12.1 Å². The Balaban J connectivity index is 1.58. The Morgan fingerprint density at radius 2 is 1.78 bits per heavy atom. The van der Waals surface area contributed by atoms with E-state index >= 15 is 0 Å². The zero-order valence-corrected chi connectivity index (χ0v) is 19.2. The number of hydrogen-bond acceptors (Lipinski definition) is 3. The first-order valence-electron chi connectivity index (χ1n) is 11.4. The van der Waals surface area contributed by atoms with E-state index in [1.54, 1.807) is 17.0 Å². The molecule has 4 rings (SSSR count). The first kappa shape index (κ1) is 22.5. The number of aryl methyl sites for hydroxylation is 1. The average Bonchev–Trinajstić information content (AvgIpc) is 3.09. The SMILES string of the molecule is Cc1ccc(N2C(=O)CC(N(CCc3cccc(Cl)c3)C(=O)C3CCCCC3)C2=O)cc1. The molecule has 0 radical (unpaired) electrons. The van der Waals surface area contributed by atoms with E-state index in [0.29, 0.717) is 23.7 Å². The van der Waals surface area contributed by atoms with E-state index in [9.17, 15) is 14.4 Å². The number of imide groups is 1. The third-order valence-corrected chi connectivity index (χ3v) is 6.79. The second-order valence-corrected chi connectivity index (χ2v) is 9.31. The van der Waals surface area contributed by atoms with Gasteiger partial charge in [0.25, 0.3) is 5.91 Å². The van der Waals surface area contributed by atoms with Crippen molar-refractivity contribution >= 4 is 35.0 Å². The highest BCUT2D eigenvalue weighted by Crippen LogP contribution is 2.30. The summed E-state index contributed by atoms with van der Waals surface area (Å²) in [6, 6.07) is 14.1. The van der Waals surface area contributed by atoms with Crippen LogP contribution in [-0.4, -0.2) is 35.2 Å². The molecule has 1 saturated heterocycles. The lowest BCUT2D eigenvalue weighted by Gasteiger charge is -2.32. The van der Waals surface area contributed by atoms with Crippen molar-refractivity contribution in [3.05, 3.63) is 64.7 Å². The number of carbonyl (C=O) groups excluding carboxylic acids is 3. The van der Waals surface area contributed by atoms with E-state index in [1.807, 2.05) is 43.3 Å². The van der Waals surface area contributed by atoms with Gasteiger partial charge in [-0.05, 0) is 56.0 Å². The summed E-state index contributed by atoms with van der Waals surface area (Å²) in [6.07, 6.45) is 5.53. The largest absolute Gasteiger partial charge is 0.330 e. The molecule has 0 spiro atoms. The molecule has 2 fully saturated rings. The Morgan fingerprint density at radius 3 is 2.47 bits per heavy atom. The van der Waals surface area contributed by atoms with Crippen molar-refractivity contribution in [3.8, 4) is 0 Å². The summed E-state index contributed by atoms with van der Waals surface area (Å²) in [6.45, 7) is 2.35. The smallest absolute Gasteiger partial charge is 0.257 e. The predicted octanol–water partition coefficient (Wildman–Crippen LogP) is 4.93. The van der Waals surface area contributed by atoms with E-state index in [4.69, 9.17) is 11.6 Å². The first-order valence-corrected chi connectivity index (χ1v) is 11.8. The number of carbonyl (C=O) groups is 3. The molecule has 0 aromatic heterocycles. The molecule has 1 aliphatic carbocycles. The second-order valence-electron chi connectivity index (χ2n) is 8.87. The zero-order valence-electron chi connectivity index (χ0n) is 18.4. The molecule has 32 heavy (non-hydrogen) atoms. The fraction of sp³-hybridized carbons (Fsp3) is 0.423. The number of anilines is 1. The van der Waals surface area contributed by atoms with Crippen LogP contribution >= 0.6 is 11.6 Å². The highest BCUT2D eigenvalue weighted by molar-refractivity contribution is 6.30. The summed E-state index contributed by atoms with van der Waals surface area (Å²) in [5.41, 5.74) is 2.62. The third kappa shape index (κ3) is 4.88. The Morgan fingerprint density at radius 1 is 1.06 bits per heavy atom. The molecule has 0 bridgehead atoms. The lowest BCUT2D eigenvalue weighted by molar-refractivity contribution is -0.142. The van der Waals surface area contributed by atoms with Crippen LogP contribution < -0.4 is 4.90 Å². The van der Waals surface area contributed by atoms with E-state index in [2.05, 4.69) is 0 Å². The van der Waals surface area contributed by atoms with Gasteiger partial charge in [0.1, 0.15) is 6.04 Å². The van der Waals surface area contributed by atoms with Gasteiger partial charge in [-0.25, -0.2) is 4.90 Å². The van der Waals surface area contributed by atoms with E-state index in [1.165, 1.54) is 4.90 Å². The maximum absolute atomic E-state index is 13.5. The standard InChI is InChI=1S/C26H29ClN2O3/c1-18-10-12-22(13-11-18)29-24(30)17-23(26(29)32)28(25(31)20-7-3-2-4-8-20)15-14-19-6-5-9-21(27)16-19/h5-6,9-13,16,20,23H,2-4,7-8,14-15,17H2,1H3. The highest BCUT2D eigenvalue weighted by Gasteiger charge is 2.45. The van der Waals surface area contributed by atoms with Gasteiger partial charge in [-0.2, -0.15) is 0 Å². The maximum Gasteiger partial charge on any atom is 0.257 e. The Bertz CT molecular complexity index is 998. The molecule has 1 unspecified atom stereocenters. The second kappa shape index (κ2) is 9.86. The molecule has 1 atom stereocenters. The van der Waals surface area contributed by atoms with Crippen molar-refractivity contribution < 1.29 is 14.4 Å². The minimum Gasteiger partial charge on any atom is -0.330 e. The molecule has 5 nitrogen and oxygen atoms in total. The average molecular weight is 453 g/mol. The molecular weight excluding hydrogens is 424 g/mol. The minimum atomic E-state index is -0.752. The van der Waals surface area contributed by atoms with Gasteiger partial charge in [0.15, 0.2) is 0 Å². The molecule has 2 aromatic rings. The van der Waals surface area contributed by atoms with Crippen LogP contribution in [-0.2, 0) is 20.8 Å². The van der Waals surface area contributed by atoms with E-state index < -0.39 is 6.04 Å². The highest BCUT2D eigenvalue weighted by atomic mass is 35.5. The molecule has 1 heterocycles. The predicted molar refractivity (Wildman–Crippen MR) is 126 cm³/mol. The topological polar surface area (TPSA) is 57.7 Å². The van der Waals surface area contributed by atoms with Gasteiger partial charge in [0.2, 0.25) is 11.8 Å². The zero-order chi connectivity index (χ0) is 22.7. The van der Waals surface area contributed by atoms with Crippen LogP contribution in [0.25, 0.3) is 0 Å². The monoisotopic (exact) mass is 452 g/mol. The van der Waals surface area contributed by atoms with Gasteiger partial charge in [-0.1, -0.05) is 60.7 Å². The van der Waals surface area contributed by atoms with Gasteiger partial charge < -0.3 is 4.90 Å². The lowest BCUT2D eigenvalue weighted by atomic mass is 9.87.